The minimum Gasteiger partial charge on any atom is -0.480 e. The zero-order chi connectivity index (χ0) is 9.84. The van der Waals surface area contributed by atoms with Gasteiger partial charge < -0.3 is 16.6 Å². The van der Waals surface area contributed by atoms with Crippen molar-refractivity contribution >= 4 is 11.8 Å². The molecule has 1 atom stereocenters. The highest BCUT2D eigenvalue weighted by molar-refractivity contribution is 5.73. The summed E-state index contributed by atoms with van der Waals surface area (Å²) in [6.07, 6.45) is 1.79. The molecule has 0 saturated carbocycles. The van der Waals surface area contributed by atoms with Gasteiger partial charge in [0.2, 0.25) is 0 Å². The summed E-state index contributed by atoms with van der Waals surface area (Å²) in [5, 5.41) is 8.53. The Morgan fingerprint density at radius 3 is 2.77 bits per heavy atom. The molecule has 0 amide bonds. The van der Waals surface area contributed by atoms with Crippen LogP contribution in [0.4, 0.5) is 5.82 Å². The van der Waals surface area contributed by atoms with Gasteiger partial charge in [-0.15, -0.1) is 0 Å². The molecule has 1 aromatic heterocycles. The first kappa shape index (κ1) is 9.47. The topological polar surface area (TPSA) is 102 Å². The van der Waals surface area contributed by atoms with Gasteiger partial charge in [-0.1, -0.05) is 6.07 Å². The number of carboxylic acid groups (broad SMARTS) is 1. The molecule has 0 radical (unpaired) electrons. The summed E-state index contributed by atoms with van der Waals surface area (Å²) in [7, 11) is 0. The second-order valence-electron chi connectivity index (χ2n) is 2.74. The first-order valence-electron chi connectivity index (χ1n) is 3.78. The third-order valence-corrected chi connectivity index (χ3v) is 1.62. The Morgan fingerprint density at radius 2 is 2.31 bits per heavy atom. The molecule has 0 aliphatic rings. The van der Waals surface area contributed by atoms with Crippen molar-refractivity contribution in [1.29, 1.82) is 0 Å². The molecule has 0 aromatic carbocycles. The number of hydrogen-bond acceptors (Lipinski definition) is 4. The van der Waals surface area contributed by atoms with Crippen molar-refractivity contribution in [3.05, 3.63) is 23.9 Å². The lowest BCUT2D eigenvalue weighted by Gasteiger charge is -2.05. The first-order chi connectivity index (χ1) is 6.09. The molecule has 1 unspecified atom stereocenters. The number of carbonyl (C=O) groups is 1. The van der Waals surface area contributed by atoms with Gasteiger partial charge in [0.25, 0.3) is 0 Å². The van der Waals surface area contributed by atoms with Crippen LogP contribution < -0.4 is 11.5 Å². The molecule has 5 heteroatoms. The minimum absolute atomic E-state index is 0.266. The number of nitrogen functional groups attached to an aromatic ring is 1. The number of nitrogens with zero attached hydrogens (tertiary/aromatic N) is 1. The standard InChI is InChI=1S/C8H11N3O2/c9-6(8(12)13)3-5-1-2-7(10)11-4-5/h1-2,4,6H,3,9H2,(H2,10,11)(H,12,13). The molecule has 1 heterocycles. The van der Waals surface area contributed by atoms with E-state index in [2.05, 4.69) is 4.98 Å². The van der Waals surface area contributed by atoms with Gasteiger partial charge in [0.1, 0.15) is 11.9 Å². The molecule has 0 bridgehead atoms. The normalized spacial score (nSPS) is 12.4. The third-order valence-electron chi connectivity index (χ3n) is 1.62. The quantitative estimate of drug-likeness (QED) is 0.589. The predicted octanol–water partition coefficient (Wildman–Crippen LogP) is -0.382. The Bertz CT molecular complexity index is 297. The molecule has 0 aliphatic heterocycles. The molecular weight excluding hydrogens is 170 g/mol. The average Bonchev–Trinajstić information content (AvgIpc) is 2.08. The van der Waals surface area contributed by atoms with E-state index in [1.54, 1.807) is 12.1 Å². The second kappa shape index (κ2) is 3.86. The summed E-state index contributed by atoms with van der Waals surface area (Å²) in [5.74, 6) is -0.607. The molecule has 0 saturated heterocycles. The van der Waals surface area contributed by atoms with Crippen LogP contribution in [0.25, 0.3) is 0 Å². The Morgan fingerprint density at radius 1 is 1.62 bits per heavy atom. The van der Waals surface area contributed by atoms with Crippen LogP contribution >= 0.6 is 0 Å². The Hall–Kier alpha value is -1.62. The van der Waals surface area contributed by atoms with Crippen LogP contribution in [0.2, 0.25) is 0 Å². The lowest BCUT2D eigenvalue weighted by atomic mass is 10.1. The maximum absolute atomic E-state index is 10.4. The molecule has 5 N–H and O–H groups in total. The third kappa shape index (κ3) is 2.72. The van der Waals surface area contributed by atoms with Crippen molar-refractivity contribution in [2.24, 2.45) is 5.73 Å². The highest BCUT2D eigenvalue weighted by Crippen LogP contribution is 2.03. The zero-order valence-electron chi connectivity index (χ0n) is 6.97. The highest BCUT2D eigenvalue weighted by Gasteiger charge is 2.11. The maximum atomic E-state index is 10.4. The Balaban J connectivity index is 2.64. The van der Waals surface area contributed by atoms with Gasteiger partial charge in [0.05, 0.1) is 0 Å². The number of rotatable bonds is 3. The van der Waals surface area contributed by atoms with E-state index in [0.29, 0.717) is 5.82 Å². The fraction of sp³-hybridized carbons (Fsp3) is 0.250. The number of anilines is 1. The first-order valence-corrected chi connectivity index (χ1v) is 3.78. The van der Waals surface area contributed by atoms with E-state index in [1.807, 2.05) is 0 Å². The molecule has 1 rings (SSSR count). The minimum atomic E-state index is -1.02. The van der Waals surface area contributed by atoms with Gasteiger partial charge in [-0.3, -0.25) is 4.79 Å². The summed E-state index contributed by atoms with van der Waals surface area (Å²) in [4.78, 5) is 14.2. The fourth-order valence-electron chi connectivity index (χ4n) is 0.898. The Kier molecular flexibility index (Phi) is 2.81. The number of nitrogens with two attached hydrogens (primary N) is 2. The number of aliphatic carboxylic acids is 1. The molecule has 13 heavy (non-hydrogen) atoms. The lowest BCUT2D eigenvalue weighted by molar-refractivity contribution is -0.138. The Labute approximate surface area is 75.4 Å². The van der Waals surface area contributed by atoms with Crippen LogP contribution in [0.15, 0.2) is 18.3 Å². The van der Waals surface area contributed by atoms with E-state index < -0.39 is 12.0 Å². The molecule has 70 valence electrons. The average molecular weight is 181 g/mol. The van der Waals surface area contributed by atoms with E-state index in [0.717, 1.165) is 5.56 Å². The van der Waals surface area contributed by atoms with Gasteiger partial charge in [-0.2, -0.15) is 0 Å². The summed E-state index contributed by atoms with van der Waals surface area (Å²) >= 11 is 0. The van der Waals surface area contributed by atoms with Crippen LogP contribution in [0.5, 0.6) is 0 Å². The number of carboxylic acids is 1. The highest BCUT2D eigenvalue weighted by atomic mass is 16.4. The number of hydrogen-bond donors (Lipinski definition) is 3. The van der Waals surface area contributed by atoms with Crippen molar-refractivity contribution in [1.82, 2.24) is 4.98 Å². The second-order valence-corrected chi connectivity index (χ2v) is 2.74. The summed E-state index contributed by atoms with van der Waals surface area (Å²) < 4.78 is 0. The summed E-state index contributed by atoms with van der Waals surface area (Å²) in [5.41, 5.74) is 11.5. The van der Waals surface area contributed by atoms with Crippen LogP contribution in [-0.2, 0) is 11.2 Å². The summed E-state index contributed by atoms with van der Waals surface area (Å²) in [6, 6.07) is 2.44. The SMILES string of the molecule is Nc1ccc(CC(N)C(=O)O)cn1. The monoisotopic (exact) mass is 181 g/mol. The smallest absolute Gasteiger partial charge is 0.320 e. The van der Waals surface area contributed by atoms with Gasteiger partial charge in [0, 0.05) is 6.20 Å². The van der Waals surface area contributed by atoms with Crippen LogP contribution in [0.1, 0.15) is 5.56 Å². The van der Waals surface area contributed by atoms with Crippen molar-refractivity contribution in [3.63, 3.8) is 0 Å². The molecule has 1 aromatic rings. The van der Waals surface area contributed by atoms with Crippen LogP contribution in [0.3, 0.4) is 0 Å². The molecule has 0 spiro atoms. The van der Waals surface area contributed by atoms with Crippen molar-refractivity contribution in [3.8, 4) is 0 Å². The predicted molar refractivity (Wildman–Crippen MR) is 48.0 cm³/mol. The molecular formula is C8H11N3O2. The number of pyridine rings is 1. The van der Waals surface area contributed by atoms with Crippen LogP contribution in [-0.4, -0.2) is 22.1 Å². The lowest BCUT2D eigenvalue weighted by Crippen LogP contribution is -2.32. The van der Waals surface area contributed by atoms with E-state index in [-0.39, 0.29) is 6.42 Å². The number of aromatic nitrogens is 1. The van der Waals surface area contributed by atoms with Crippen LogP contribution in [0, 0.1) is 0 Å². The van der Waals surface area contributed by atoms with E-state index in [1.165, 1.54) is 6.20 Å². The van der Waals surface area contributed by atoms with Crippen molar-refractivity contribution in [2.75, 3.05) is 5.73 Å². The van der Waals surface area contributed by atoms with Gasteiger partial charge in [-0.25, -0.2) is 4.98 Å². The van der Waals surface area contributed by atoms with Gasteiger partial charge in [0.15, 0.2) is 0 Å². The molecule has 0 aliphatic carbocycles. The maximum Gasteiger partial charge on any atom is 0.320 e. The molecule has 5 nitrogen and oxygen atoms in total. The van der Waals surface area contributed by atoms with Crippen molar-refractivity contribution < 1.29 is 9.90 Å². The van der Waals surface area contributed by atoms with E-state index >= 15 is 0 Å². The fourth-order valence-corrected chi connectivity index (χ4v) is 0.898. The largest absolute Gasteiger partial charge is 0.480 e. The van der Waals surface area contributed by atoms with Gasteiger partial charge >= 0.3 is 5.97 Å². The van der Waals surface area contributed by atoms with Gasteiger partial charge in [-0.05, 0) is 18.1 Å². The zero-order valence-corrected chi connectivity index (χ0v) is 6.97. The van der Waals surface area contributed by atoms with E-state index in [9.17, 15) is 4.79 Å². The van der Waals surface area contributed by atoms with Crippen molar-refractivity contribution in [2.45, 2.75) is 12.5 Å². The molecule has 0 fully saturated rings. The summed E-state index contributed by atoms with van der Waals surface area (Å²) in [6.45, 7) is 0. The van der Waals surface area contributed by atoms with E-state index in [4.69, 9.17) is 16.6 Å².